The van der Waals surface area contributed by atoms with Crippen molar-refractivity contribution >= 4 is 17.6 Å². The van der Waals surface area contributed by atoms with Gasteiger partial charge in [0.15, 0.2) is 5.41 Å². The summed E-state index contributed by atoms with van der Waals surface area (Å²) in [5.41, 5.74) is 1.67. The number of methoxy groups -OCH3 is 3. The highest BCUT2D eigenvalue weighted by atomic mass is 16.5. The van der Waals surface area contributed by atoms with Crippen LogP contribution < -0.4 is 9.64 Å². The number of ether oxygens (including phenoxy) is 3. The lowest BCUT2D eigenvalue weighted by Gasteiger charge is -2.50. The van der Waals surface area contributed by atoms with E-state index in [1.807, 2.05) is 36.4 Å². The molecule has 196 valence electrons. The van der Waals surface area contributed by atoms with Crippen LogP contribution in [0.3, 0.4) is 0 Å². The zero-order chi connectivity index (χ0) is 26.5. The van der Waals surface area contributed by atoms with E-state index in [1.54, 1.807) is 7.11 Å². The number of carbonyl (C=O) groups is 2. The highest BCUT2D eigenvalue weighted by Crippen LogP contribution is 2.77. The van der Waals surface area contributed by atoms with Crippen molar-refractivity contribution in [1.29, 1.82) is 0 Å². The van der Waals surface area contributed by atoms with Crippen LogP contribution in [0.15, 0.2) is 78.9 Å². The number of fused-ring (bicyclic) bond motifs is 1. The Balaban J connectivity index is 1.67. The van der Waals surface area contributed by atoms with Crippen molar-refractivity contribution in [2.24, 2.45) is 5.41 Å². The molecular formula is C32H33NO5. The summed E-state index contributed by atoms with van der Waals surface area (Å²) in [6.45, 7) is 0.574. The van der Waals surface area contributed by atoms with E-state index in [0.29, 0.717) is 19.4 Å². The number of anilines is 1. The van der Waals surface area contributed by atoms with Crippen LogP contribution in [0.5, 0.6) is 5.75 Å². The molecule has 0 radical (unpaired) electrons. The molecule has 1 heterocycles. The number of hydrogen-bond donors (Lipinski definition) is 0. The third-order valence-corrected chi connectivity index (χ3v) is 9.56. The van der Waals surface area contributed by atoms with Crippen molar-refractivity contribution < 1.29 is 23.8 Å². The van der Waals surface area contributed by atoms with Crippen molar-refractivity contribution in [2.45, 2.75) is 49.1 Å². The summed E-state index contributed by atoms with van der Waals surface area (Å²) in [5, 5.41) is 0. The normalized spacial score (nSPS) is 26.3. The van der Waals surface area contributed by atoms with Crippen LogP contribution in [-0.2, 0) is 31.0 Å². The van der Waals surface area contributed by atoms with Crippen LogP contribution in [0.2, 0.25) is 0 Å². The molecule has 3 aliphatic rings. The molecule has 0 N–H and O–H groups in total. The van der Waals surface area contributed by atoms with Crippen LogP contribution in [0.4, 0.5) is 5.69 Å². The average molecular weight is 512 g/mol. The summed E-state index contributed by atoms with van der Waals surface area (Å²) >= 11 is 0. The molecular weight excluding hydrogens is 478 g/mol. The van der Waals surface area contributed by atoms with E-state index in [9.17, 15) is 9.59 Å². The van der Waals surface area contributed by atoms with Gasteiger partial charge in [-0.15, -0.1) is 0 Å². The second-order valence-electron chi connectivity index (χ2n) is 10.7. The van der Waals surface area contributed by atoms with Crippen LogP contribution in [-0.4, -0.2) is 38.8 Å². The molecule has 0 amide bonds. The second kappa shape index (κ2) is 8.90. The molecule has 0 aromatic heterocycles. The van der Waals surface area contributed by atoms with Gasteiger partial charge >= 0.3 is 11.9 Å². The van der Waals surface area contributed by atoms with Crippen molar-refractivity contribution in [3.8, 4) is 5.75 Å². The zero-order valence-corrected chi connectivity index (χ0v) is 22.1. The maximum Gasteiger partial charge on any atom is 0.325 e. The Labute approximate surface area is 223 Å². The van der Waals surface area contributed by atoms with Crippen molar-refractivity contribution in [2.75, 3.05) is 26.2 Å². The molecule has 2 aliphatic carbocycles. The molecule has 2 saturated carbocycles. The standard InChI is InChI=1S/C32H33NO5/c1-36-24-16-14-23(15-17-24)26-20-31(28(34)37-2,29(35)38-3)32-19-9-18-30(26,32)25-12-7-8-13-27(25)33(32)21-22-10-5-4-6-11-22/h4-8,10-17,26H,9,18-21H2,1-3H3/t26-,30+,32+/m0/s1. The molecule has 0 spiro atoms. The van der Waals surface area contributed by atoms with Gasteiger partial charge in [0.2, 0.25) is 0 Å². The van der Waals surface area contributed by atoms with Gasteiger partial charge in [-0.1, -0.05) is 67.1 Å². The molecule has 6 nitrogen and oxygen atoms in total. The molecule has 3 aromatic rings. The summed E-state index contributed by atoms with van der Waals surface area (Å²) in [4.78, 5) is 30.5. The fourth-order valence-electron chi connectivity index (χ4n) is 8.36. The first-order valence-corrected chi connectivity index (χ1v) is 13.2. The van der Waals surface area contributed by atoms with E-state index in [-0.39, 0.29) is 5.92 Å². The van der Waals surface area contributed by atoms with E-state index < -0.39 is 28.3 Å². The molecule has 2 fully saturated rings. The third kappa shape index (κ3) is 2.89. The molecule has 3 aromatic carbocycles. The van der Waals surface area contributed by atoms with Crippen LogP contribution in [0.25, 0.3) is 0 Å². The lowest BCUT2D eigenvalue weighted by atomic mass is 9.61. The van der Waals surface area contributed by atoms with Gasteiger partial charge in [0, 0.05) is 17.6 Å². The monoisotopic (exact) mass is 511 g/mol. The molecule has 0 bridgehead atoms. The maximum atomic E-state index is 14.1. The van der Waals surface area contributed by atoms with Gasteiger partial charge in [0.1, 0.15) is 5.75 Å². The Morgan fingerprint density at radius 2 is 1.50 bits per heavy atom. The fraction of sp³-hybridized carbons (Fsp3) is 0.375. The van der Waals surface area contributed by atoms with E-state index in [2.05, 4.69) is 47.4 Å². The zero-order valence-electron chi connectivity index (χ0n) is 22.1. The predicted octanol–water partition coefficient (Wildman–Crippen LogP) is 5.40. The minimum atomic E-state index is -1.49. The summed E-state index contributed by atoms with van der Waals surface area (Å²) in [5.74, 6) is -0.363. The fourth-order valence-corrected chi connectivity index (χ4v) is 8.36. The van der Waals surface area contributed by atoms with Gasteiger partial charge in [0.05, 0.1) is 26.9 Å². The molecule has 1 aliphatic heterocycles. The minimum Gasteiger partial charge on any atom is -0.497 e. The third-order valence-electron chi connectivity index (χ3n) is 9.56. The van der Waals surface area contributed by atoms with E-state index in [0.717, 1.165) is 35.4 Å². The first-order valence-electron chi connectivity index (χ1n) is 13.2. The Bertz CT molecular complexity index is 1350. The van der Waals surface area contributed by atoms with E-state index in [4.69, 9.17) is 14.2 Å². The number of nitrogens with zero attached hydrogens (tertiary/aromatic N) is 1. The predicted molar refractivity (Wildman–Crippen MR) is 144 cm³/mol. The maximum absolute atomic E-state index is 14.1. The Kier molecular flexibility index (Phi) is 5.74. The van der Waals surface area contributed by atoms with Crippen molar-refractivity contribution in [3.63, 3.8) is 0 Å². The molecule has 3 atom stereocenters. The topological polar surface area (TPSA) is 65.1 Å². The van der Waals surface area contributed by atoms with Crippen molar-refractivity contribution in [3.05, 3.63) is 95.6 Å². The Morgan fingerprint density at radius 1 is 0.842 bits per heavy atom. The number of esters is 2. The van der Waals surface area contributed by atoms with Gasteiger partial charge in [-0.05, 0) is 60.1 Å². The molecule has 6 rings (SSSR count). The Morgan fingerprint density at radius 3 is 2.16 bits per heavy atom. The quantitative estimate of drug-likeness (QED) is 0.326. The largest absolute Gasteiger partial charge is 0.497 e. The SMILES string of the molecule is COC(=O)C1(C(=O)OC)C[C@@H](c2ccc(OC)cc2)[C@]23CCC[C@]12N(Cc1ccccc1)c1ccccc13. The first kappa shape index (κ1) is 24.5. The van der Waals surface area contributed by atoms with E-state index >= 15 is 0 Å². The van der Waals surface area contributed by atoms with Crippen molar-refractivity contribution in [1.82, 2.24) is 0 Å². The van der Waals surface area contributed by atoms with Crippen LogP contribution >= 0.6 is 0 Å². The van der Waals surface area contributed by atoms with Gasteiger partial charge < -0.3 is 19.1 Å². The first-order chi connectivity index (χ1) is 18.5. The number of carbonyl (C=O) groups excluding carboxylic acids is 2. The van der Waals surface area contributed by atoms with Crippen LogP contribution in [0, 0.1) is 5.41 Å². The summed E-state index contributed by atoms with van der Waals surface area (Å²) in [7, 11) is 4.41. The summed E-state index contributed by atoms with van der Waals surface area (Å²) in [6, 6.07) is 26.8. The molecule has 0 unspecified atom stereocenters. The van der Waals surface area contributed by atoms with E-state index in [1.165, 1.54) is 19.8 Å². The lowest BCUT2D eigenvalue weighted by Crippen LogP contribution is -2.66. The highest BCUT2D eigenvalue weighted by Gasteiger charge is 2.84. The van der Waals surface area contributed by atoms with Gasteiger partial charge in [-0.25, -0.2) is 0 Å². The Hall–Kier alpha value is -3.80. The summed E-state index contributed by atoms with van der Waals surface area (Å²) < 4.78 is 16.4. The van der Waals surface area contributed by atoms with Gasteiger partial charge in [-0.2, -0.15) is 0 Å². The smallest absolute Gasteiger partial charge is 0.325 e. The number of rotatable bonds is 6. The summed E-state index contributed by atoms with van der Waals surface area (Å²) in [6.07, 6.45) is 2.76. The minimum absolute atomic E-state index is 0.101. The molecule has 38 heavy (non-hydrogen) atoms. The number of hydrogen-bond acceptors (Lipinski definition) is 6. The van der Waals surface area contributed by atoms with Gasteiger partial charge in [0.25, 0.3) is 0 Å². The lowest BCUT2D eigenvalue weighted by molar-refractivity contribution is -0.174. The van der Waals surface area contributed by atoms with Crippen LogP contribution in [0.1, 0.15) is 48.3 Å². The average Bonchev–Trinajstić information content (AvgIpc) is 3.56. The molecule has 0 saturated heterocycles. The highest BCUT2D eigenvalue weighted by molar-refractivity contribution is 6.05. The number of benzene rings is 3. The number of para-hydroxylation sites is 1. The molecule has 6 heteroatoms. The second-order valence-corrected chi connectivity index (χ2v) is 10.7. The van der Waals surface area contributed by atoms with Gasteiger partial charge in [-0.3, -0.25) is 9.59 Å².